The Balaban J connectivity index is 2.12. The van der Waals surface area contributed by atoms with Gasteiger partial charge < -0.3 is 14.6 Å². The smallest absolute Gasteiger partial charge is 0.231 e. The predicted molar refractivity (Wildman–Crippen MR) is 52.5 cm³/mol. The molecule has 14 heavy (non-hydrogen) atoms. The van der Waals surface area contributed by atoms with Crippen molar-refractivity contribution in [3.05, 3.63) is 23.8 Å². The second-order valence-electron chi connectivity index (χ2n) is 3.68. The molecule has 0 bridgehead atoms. The summed E-state index contributed by atoms with van der Waals surface area (Å²) < 4.78 is 10.5. The highest BCUT2D eigenvalue weighted by Gasteiger charge is 2.13. The Labute approximate surface area is 83.3 Å². The first-order valence-electron chi connectivity index (χ1n) is 4.79. The summed E-state index contributed by atoms with van der Waals surface area (Å²) in [6.07, 6.45) is 0.868. The summed E-state index contributed by atoms with van der Waals surface area (Å²) in [7, 11) is 0. The van der Waals surface area contributed by atoms with E-state index in [1.807, 2.05) is 25.1 Å². The molecule has 1 N–H and O–H groups in total. The Morgan fingerprint density at radius 2 is 2.14 bits per heavy atom. The number of benzene rings is 1. The Morgan fingerprint density at radius 1 is 1.36 bits per heavy atom. The molecule has 1 heterocycles. The number of hydrogen-bond acceptors (Lipinski definition) is 3. The van der Waals surface area contributed by atoms with Crippen LogP contribution in [0.1, 0.15) is 12.5 Å². The number of hydrogen-bond donors (Lipinski definition) is 1. The van der Waals surface area contributed by atoms with Gasteiger partial charge in [0.25, 0.3) is 0 Å². The average molecular weight is 194 g/mol. The molecule has 0 saturated heterocycles. The van der Waals surface area contributed by atoms with E-state index in [0.29, 0.717) is 6.79 Å². The molecular weight excluding hydrogens is 180 g/mol. The lowest BCUT2D eigenvalue weighted by Crippen LogP contribution is -2.04. The largest absolute Gasteiger partial charge is 0.454 e. The molecule has 3 heteroatoms. The maximum atomic E-state index is 8.93. The van der Waals surface area contributed by atoms with Crippen LogP contribution in [0.4, 0.5) is 0 Å². The van der Waals surface area contributed by atoms with Crippen LogP contribution in [0, 0.1) is 5.92 Å². The summed E-state index contributed by atoms with van der Waals surface area (Å²) in [5, 5.41) is 8.93. The third kappa shape index (κ3) is 1.82. The lowest BCUT2D eigenvalue weighted by molar-refractivity contribution is 0.174. The molecule has 2 rings (SSSR count). The average Bonchev–Trinajstić information content (AvgIpc) is 2.64. The van der Waals surface area contributed by atoms with Crippen LogP contribution in [0.2, 0.25) is 0 Å². The molecule has 0 fully saturated rings. The zero-order valence-corrected chi connectivity index (χ0v) is 8.19. The molecule has 0 saturated carbocycles. The Bertz CT molecular complexity index is 322. The van der Waals surface area contributed by atoms with Crippen LogP contribution in [0.15, 0.2) is 18.2 Å². The van der Waals surface area contributed by atoms with Gasteiger partial charge in [-0.15, -0.1) is 0 Å². The van der Waals surface area contributed by atoms with Gasteiger partial charge in [-0.1, -0.05) is 13.0 Å². The van der Waals surface area contributed by atoms with E-state index in [2.05, 4.69) is 0 Å². The number of fused-ring (bicyclic) bond motifs is 1. The molecule has 0 spiro atoms. The van der Waals surface area contributed by atoms with Gasteiger partial charge in [0.2, 0.25) is 6.79 Å². The molecule has 1 aliphatic rings. The number of ether oxygens (including phenoxy) is 2. The summed E-state index contributed by atoms with van der Waals surface area (Å²) in [6.45, 7) is 2.55. The van der Waals surface area contributed by atoms with Crippen molar-refractivity contribution in [2.75, 3.05) is 13.4 Å². The van der Waals surface area contributed by atoms with Gasteiger partial charge in [-0.2, -0.15) is 0 Å². The van der Waals surface area contributed by atoms with Crippen LogP contribution in [0.3, 0.4) is 0 Å². The summed E-state index contributed by atoms with van der Waals surface area (Å²) in [5.41, 5.74) is 1.18. The fraction of sp³-hybridized carbons (Fsp3) is 0.455. The van der Waals surface area contributed by atoms with Gasteiger partial charge in [0.05, 0.1) is 0 Å². The third-order valence-corrected chi connectivity index (χ3v) is 2.33. The van der Waals surface area contributed by atoms with E-state index in [0.717, 1.165) is 17.9 Å². The van der Waals surface area contributed by atoms with Gasteiger partial charge >= 0.3 is 0 Å². The molecule has 0 radical (unpaired) electrons. The molecule has 0 aliphatic carbocycles. The van der Waals surface area contributed by atoms with Crippen molar-refractivity contribution in [1.82, 2.24) is 0 Å². The van der Waals surface area contributed by atoms with E-state index in [4.69, 9.17) is 14.6 Å². The number of aliphatic hydroxyl groups is 1. The van der Waals surface area contributed by atoms with Crippen molar-refractivity contribution in [2.24, 2.45) is 5.92 Å². The van der Waals surface area contributed by atoms with E-state index in [-0.39, 0.29) is 12.5 Å². The molecule has 0 aromatic heterocycles. The van der Waals surface area contributed by atoms with Crippen molar-refractivity contribution in [3.8, 4) is 11.5 Å². The van der Waals surface area contributed by atoms with E-state index >= 15 is 0 Å². The first kappa shape index (κ1) is 9.34. The third-order valence-electron chi connectivity index (χ3n) is 2.33. The molecule has 1 aromatic carbocycles. The minimum atomic E-state index is 0.217. The van der Waals surface area contributed by atoms with Gasteiger partial charge in [-0.05, 0) is 30.0 Å². The standard InChI is InChI=1S/C11H14O3/c1-8(6-12)4-9-2-3-10-11(5-9)14-7-13-10/h2-3,5,8,12H,4,6-7H2,1H3/t8-/m1/s1. The van der Waals surface area contributed by atoms with E-state index < -0.39 is 0 Å². The monoisotopic (exact) mass is 194 g/mol. The quantitative estimate of drug-likeness (QED) is 0.794. The van der Waals surface area contributed by atoms with Crippen LogP contribution in [-0.2, 0) is 6.42 Å². The minimum absolute atomic E-state index is 0.217. The maximum absolute atomic E-state index is 8.93. The van der Waals surface area contributed by atoms with E-state index in [1.54, 1.807) is 0 Å². The SMILES string of the molecule is C[C@@H](CO)Cc1ccc2c(c1)OCO2. The van der Waals surface area contributed by atoms with E-state index in [9.17, 15) is 0 Å². The zero-order valence-electron chi connectivity index (χ0n) is 8.19. The van der Waals surface area contributed by atoms with Crippen molar-refractivity contribution >= 4 is 0 Å². The Hall–Kier alpha value is -1.22. The molecule has 76 valence electrons. The molecule has 1 aromatic rings. The van der Waals surface area contributed by atoms with Gasteiger partial charge in [0, 0.05) is 6.61 Å². The minimum Gasteiger partial charge on any atom is -0.454 e. The van der Waals surface area contributed by atoms with Crippen molar-refractivity contribution in [1.29, 1.82) is 0 Å². The predicted octanol–water partition coefficient (Wildman–Crippen LogP) is 1.59. The van der Waals surface area contributed by atoms with Crippen molar-refractivity contribution < 1.29 is 14.6 Å². The van der Waals surface area contributed by atoms with Gasteiger partial charge in [-0.25, -0.2) is 0 Å². The first-order chi connectivity index (χ1) is 6.79. The normalized spacial score (nSPS) is 15.6. The summed E-state index contributed by atoms with van der Waals surface area (Å²) in [5.74, 6) is 1.91. The molecule has 0 amide bonds. The number of rotatable bonds is 3. The van der Waals surface area contributed by atoms with Crippen LogP contribution < -0.4 is 9.47 Å². The fourth-order valence-electron chi connectivity index (χ4n) is 1.53. The highest BCUT2D eigenvalue weighted by atomic mass is 16.7. The molecule has 1 aliphatic heterocycles. The van der Waals surface area contributed by atoms with Crippen molar-refractivity contribution in [3.63, 3.8) is 0 Å². The zero-order chi connectivity index (χ0) is 9.97. The van der Waals surface area contributed by atoms with Crippen LogP contribution >= 0.6 is 0 Å². The highest BCUT2D eigenvalue weighted by molar-refractivity contribution is 5.44. The topological polar surface area (TPSA) is 38.7 Å². The van der Waals surface area contributed by atoms with E-state index in [1.165, 1.54) is 5.56 Å². The molecule has 3 nitrogen and oxygen atoms in total. The lowest BCUT2D eigenvalue weighted by Gasteiger charge is -2.07. The number of aliphatic hydroxyl groups excluding tert-OH is 1. The van der Waals surface area contributed by atoms with Crippen LogP contribution in [0.5, 0.6) is 11.5 Å². The fourth-order valence-corrected chi connectivity index (χ4v) is 1.53. The maximum Gasteiger partial charge on any atom is 0.231 e. The van der Waals surface area contributed by atoms with Crippen LogP contribution in [-0.4, -0.2) is 18.5 Å². The molecule has 0 unspecified atom stereocenters. The van der Waals surface area contributed by atoms with Gasteiger partial charge in [0.15, 0.2) is 11.5 Å². The van der Waals surface area contributed by atoms with Crippen LogP contribution in [0.25, 0.3) is 0 Å². The Kier molecular flexibility index (Phi) is 2.59. The summed E-state index contributed by atoms with van der Waals surface area (Å²) >= 11 is 0. The van der Waals surface area contributed by atoms with Gasteiger partial charge in [0.1, 0.15) is 0 Å². The van der Waals surface area contributed by atoms with Gasteiger partial charge in [-0.3, -0.25) is 0 Å². The summed E-state index contributed by atoms with van der Waals surface area (Å²) in [4.78, 5) is 0. The second kappa shape index (κ2) is 3.88. The molecule has 1 atom stereocenters. The Morgan fingerprint density at radius 3 is 2.93 bits per heavy atom. The molecular formula is C11H14O3. The lowest BCUT2D eigenvalue weighted by atomic mass is 10.0. The first-order valence-corrected chi connectivity index (χ1v) is 4.79. The summed E-state index contributed by atoms with van der Waals surface area (Å²) in [6, 6.07) is 5.91. The highest BCUT2D eigenvalue weighted by Crippen LogP contribution is 2.32. The second-order valence-corrected chi connectivity index (χ2v) is 3.68. The van der Waals surface area contributed by atoms with Crippen molar-refractivity contribution in [2.45, 2.75) is 13.3 Å².